The fourth-order valence-corrected chi connectivity index (χ4v) is 2.59. The number of hydrogen-bond donors (Lipinski definition) is 2. The molecule has 1 aromatic rings. The molecular formula is C14H19N3O4. The maximum absolute atomic E-state index is 12.1. The summed E-state index contributed by atoms with van der Waals surface area (Å²) in [4.78, 5) is 24.4. The monoisotopic (exact) mass is 293 g/mol. The molecule has 1 unspecified atom stereocenters. The molecule has 1 amide bonds. The fourth-order valence-electron chi connectivity index (χ4n) is 2.59. The summed E-state index contributed by atoms with van der Waals surface area (Å²) in [6.07, 6.45) is 2.91. The average Bonchev–Trinajstić information content (AvgIpc) is 2.48. The highest BCUT2D eigenvalue weighted by Crippen LogP contribution is 2.23. The van der Waals surface area contributed by atoms with Gasteiger partial charge in [0.05, 0.1) is 18.1 Å². The highest BCUT2D eigenvalue weighted by molar-refractivity contribution is 5.94. The lowest BCUT2D eigenvalue weighted by atomic mass is 10.0. The number of benzene rings is 1. The molecule has 7 nitrogen and oxygen atoms in total. The van der Waals surface area contributed by atoms with Gasteiger partial charge in [0.2, 0.25) is 5.91 Å². The number of carbonyl (C=O) groups is 1. The van der Waals surface area contributed by atoms with Gasteiger partial charge in [-0.3, -0.25) is 19.8 Å². The van der Waals surface area contributed by atoms with Crippen LogP contribution in [-0.4, -0.2) is 46.6 Å². The van der Waals surface area contributed by atoms with Crippen molar-refractivity contribution in [3.8, 4) is 0 Å². The van der Waals surface area contributed by atoms with Crippen molar-refractivity contribution in [2.24, 2.45) is 0 Å². The molecule has 0 spiro atoms. The second kappa shape index (κ2) is 7.14. The van der Waals surface area contributed by atoms with E-state index in [1.54, 1.807) is 12.1 Å². The Balaban J connectivity index is 2.00. The maximum atomic E-state index is 12.1. The minimum absolute atomic E-state index is 0.00439. The minimum Gasteiger partial charge on any atom is -0.395 e. The van der Waals surface area contributed by atoms with Crippen LogP contribution in [0.15, 0.2) is 24.3 Å². The summed E-state index contributed by atoms with van der Waals surface area (Å²) in [6, 6.07) is 6.05. The van der Waals surface area contributed by atoms with Crippen LogP contribution in [0.5, 0.6) is 0 Å². The summed E-state index contributed by atoms with van der Waals surface area (Å²) in [5.41, 5.74) is 0.0771. The Morgan fingerprint density at radius 1 is 1.43 bits per heavy atom. The van der Waals surface area contributed by atoms with E-state index in [1.807, 2.05) is 4.90 Å². The van der Waals surface area contributed by atoms with Gasteiger partial charge < -0.3 is 10.4 Å². The van der Waals surface area contributed by atoms with Gasteiger partial charge in [0.25, 0.3) is 5.69 Å². The predicted octanol–water partition coefficient (Wildman–Crippen LogP) is 1.38. The van der Waals surface area contributed by atoms with Crippen molar-refractivity contribution in [2.45, 2.75) is 25.3 Å². The van der Waals surface area contributed by atoms with Crippen LogP contribution in [-0.2, 0) is 4.79 Å². The summed E-state index contributed by atoms with van der Waals surface area (Å²) >= 11 is 0. The summed E-state index contributed by atoms with van der Waals surface area (Å²) in [5, 5.41) is 22.8. The average molecular weight is 293 g/mol. The van der Waals surface area contributed by atoms with E-state index in [2.05, 4.69) is 5.32 Å². The molecule has 7 heteroatoms. The first-order valence-corrected chi connectivity index (χ1v) is 7.00. The lowest BCUT2D eigenvalue weighted by Crippen LogP contribution is -2.45. The Labute approximate surface area is 122 Å². The third-order valence-corrected chi connectivity index (χ3v) is 3.68. The van der Waals surface area contributed by atoms with Crippen molar-refractivity contribution in [3.63, 3.8) is 0 Å². The molecule has 0 saturated carbocycles. The second-order valence-corrected chi connectivity index (χ2v) is 5.13. The number of piperidine rings is 1. The molecular weight excluding hydrogens is 274 g/mol. The van der Waals surface area contributed by atoms with Crippen LogP contribution < -0.4 is 5.32 Å². The molecule has 0 bridgehead atoms. The van der Waals surface area contributed by atoms with Crippen molar-refractivity contribution >= 4 is 17.3 Å². The zero-order valence-corrected chi connectivity index (χ0v) is 11.7. The minimum atomic E-state index is -0.521. The summed E-state index contributed by atoms with van der Waals surface area (Å²) < 4.78 is 0. The summed E-state index contributed by atoms with van der Waals surface area (Å²) in [7, 11) is 0. The van der Waals surface area contributed by atoms with E-state index in [-0.39, 0.29) is 36.5 Å². The largest absolute Gasteiger partial charge is 0.395 e. The molecule has 1 atom stereocenters. The van der Waals surface area contributed by atoms with E-state index in [4.69, 9.17) is 0 Å². The number of nitro benzene ring substituents is 1. The highest BCUT2D eigenvalue weighted by Gasteiger charge is 2.24. The Hall–Kier alpha value is -1.99. The van der Waals surface area contributed by atoms with Crippen LogP contribution in [0.3, 0.4) is 0 Å². The Morgan fingerprint density at radius 3 is 2.90 bits per heavy atom. The number of nitro groups is 1. The van der Waals surface area contributed by atoms with Gasteiger partial charge in [-0.15, -0.1) is 0 Å². The van der Waals surface area contributed by atoms with E-state index in [9.17, 15) is 20.0 Å². The summed E-state index contributed by atoms with van der Waals surface area (Å²) in [6.45, 7) is 0.922. The van der Waals surface area contributed by atoms with E-state index < -0.39 is 4.92 Å². The van der Waals surface area contributed by atoms with E-state index in [1.165, 1.54) is 12.1 Å². The number of likely N-dealkylation sites (tertiary alicyclic amines) is 1. The Morgan fingerprint density at radius 2 is 2.19 bits per heavy atom. The van der Waals surface area contributed by atoms with Gasteiger partial charge in [0.15, 0.2) is 0 Å². The van der Waals surface area contributed by atoms with Crippen LogP contribution >= 0.6 is 0 Å². The highest BCUT2D eigenvalue weighted by atomic mass is 16.6. The number of amides is 1. The normalized spacial score (nSPS) is 19.2. The molecule has 2 rings (SSSR count). The molecule has 2 N–H and O–H groups in total. The van der Waals surface area contributed by atoms with E-state index in [0.717, 1.165) is 25.8 Å². The predicted molar refractivity (Wildman–Crippen MR) is 78.0 cm³/mol. The third kappa shape index (κ3) is 3.99. The number of para-hydroxylation sites is 2. The SMILES string of the molecule is O=C(CN1CCCCC1CO)Nc1ccccc1[N+](=O)[O-]. The van der Waals surface area contributed by atoms with Gasteiger partial charge >= 0.3 is 0 Å². The van der Waals surface area contributed by atoms with Crippen LogP contribution in [0.4, 0.5) is 11.4 Å². The topological polar surface area (TPSA) is 95.7 Å². The van der Waals surface area contributed by atoms with Crippen LogP contribution in [0.25, 0.3) is 0 Å². The second-order valence-electron chi connectivity index (χ2n) is 5.13. The third-order valence-electron chi connectivity index (χ3n) is 3.68. The molecule has 21 heavy (non-hydrogen) atoms. The molecule has 1 aromatic carbocycles. The molecule has 1 fully saturated rings. The van der Waals surface area contributed by atoms with Gasteiger partial charge in [0, 0.05) is 12.1 Å². The molecule has 0 aromatic heterocycles. The Bertz CT molecular complexity index is 521. The number of carbonyl (C=O) groups excluding carboxylic acids is 1. The molecule has 114 valence electrons. The van der Waals surface area contributed by atoms with Gasteiger partial charge in [-0.05, 0) is 25.5 Å². The molecule has 1 saturated heterocycles. The van der Waals surface area contributed by atoms with Crippen molar-refractivity contribution < 1.29 is 14.8 Å². The summed E-state index contributed by atoms with van der Waals surface area (Å²) in [5.74, 6) is -0.301. The number of aliphatic hydroxyl groups excluding tert-OH is 1. The van der Waals surface area contributed by atoms with Crippen LogP contribution in [0.2, 0.25) is 0 Å². The van der Waals surface area contributed by atoms with Crippen molar-refractivity contribution in [3.05, 3.63) is 34.4 Å². The molecule has 1 aliphatic rings. The molecule has 1 heterocycles. The maximum Gasteiger partial charge on any atom is 0.292 e. The number of nitrogens with zero attached hydrogens (tertiary/aromatic N) is 2. The molecule has 0 radical (unpaired) electrons. The van der Waals surface area contributed by atoms with Crippen LogP contribution in [0, 0.1) is 10.1 Å². The van der Waals surface area contributed by atoms with Gasteiger partial charge in [-0.2, -0.15) is 0 Å². The first-order chi connectivity index (χ1) is 10.1. The zero-order chi connectivity index (χ0) is 15.2. The standard InChI is InChI=1S/C14H19N3O4/c18-10-11-5-3-4-8-16(11)9-14(19)15-12-6-1-2-7-13(12)17(20)21/h1-2,6-7,11,18H,3-5,8-10H2,(H,15,19). The number of nitrogens with one attached hydrogen (secondary N) is 1. The quantitative estimate of drug-likeness (QED) is 0.631. The van der Waals surface area contributed by atoms with E-state index >= 15 is 0 Å². The van der Waals surface area contributed by atoms with Crippen molar-refractivity contribution in [1.29, 1.82) is 0 Å². The molecule has 1 aliphatic heterocycles. The first-order valence-electron chi connectivity index (χ1n) is 7.00. The number of anilines is 1. The van der Waals surface area contributed by atoms with Gasteiger partial charge in [0.1, 0.15) is 5.69 Å². The zero-order valence-electron chi connectivity index (χ0n) is 11.7. The first kappa shape index (κ1) is 15.4. The number of aliphatic hydroxyl groups is 1. The molecule has 0 aliphatic carbocycles. The smallest absolute Gasteiger partial charge is 0.292 e. The fraction of sp³-hybridized carbons (Fsp3) is 0.500. The number of hydrogen-bond acceptors (Lipinski definition) is 5. The van der Waals surface area contributed by atoms with E-state index in [0.29, 0.717) is 0 Å². The lowest BCUT2D eigenvalue weighted by molar-refractivity contribution is -0.383. The number of rotatable bonds is 5. The van der Waals surface area contributed by atoms with Crippen molar-refractivity contribution in [1.82, 2.24) is 4.90 Å². The van der Waals surface area contributed by atoms with Crippen LogP contribution in [0.1, 0.15) is 19.3 Å². The lowest BCUT2D eigenvalue weighted by Gasteiger charge is -2.33. The van der Waals surface area contributed by atoms with Gasteiger partial charge in [-0.1, -0.05) is 18.6 Å². The Kier molecular flexibility index (Phi) is 5.24. The van der Waals surface area contributed by atoms with Gasteiger partial charge in [-0.25, -0.2) is 0 Å². The van der Waals surface area contributed by atoms with Crippen molar-refractivity contribution in [2.75, 3.05) is 25.0 Å².